The van der Waals surface area contributed by atoms with Gasteiger partial charge in [0, 0.05) is 23.0 Å². The van der Waals surface area contributed by atoms with Gasteiger partial charge < -0.3 is 10.4 Å². The lowest BCUT2D eigenvalue weighted by atomic mass is 10.1. The Morgan fingerprint density at radius 1 is 1.04 bits per heavy atom. The van der Waals surface area contributed by atoms with Crippen LogP contribution in [-0.4, -0.2) is 16.1 Å². The molecule has 0 saturated carbocycles. The van der Waals surface area contributed by atoms with Gasteiger partial charge in [0.1, 0.15) is 0 Å². The fourth-order valence-corrected chi connectivity index (χ4v) is 2.28. The number of aromatic carboxylic acids is 1. The van der Waals surface area contributed by atoms with E-state index < -0.39 is 17.7 Å². The molecule has 0 atom stereocenters. The third-order valence-corrected chi connectivity index (χ3v) is 3.48. The molecule has 25 heavy (non-hydrogen) atoms. The highest BCUT2D eigenvalue weighted by molar-refractivity contribution is 5.93. The number of rotatable bonds is 3. The van der Waals surface area contributed by atoms with Crippen molar-refractivity contribution < 1.29 is 23.1 Å². The van der Waals surface area contributed by atoms with E-state index in [9.17, 15) is 18.0 Å². The number of aromatic nitrogens is 1. The molecule has 0 radical (unpaired) electrons. The molecule has 3 aromatic rings. The minimum absolute atomic E-state index is 0. The van der Waals surface area contributed by atoms with Crippen LogP contribution in [0.5, 0.6) is 0 Å². The van der Waals surface area contributed by atoms with Gasteiger partial charge in [0.2, 0.25) is 0 Å². The summed E-state index contributed by atoms with van der Waals surface area (Å²) in [5.74, 6) is -1.05. The standard InChI is InChI=1S/C17H11F3N2O2.ClH/c18-17(19,20)11-3-6-14-13(9-11)15(7-8-21-14)22-12-4-1-10(2-5-12)16(23)24;/h1-9H,(H,21,22)(H,23,24);1H. The smallest absolute Gasteiger partial charge is 0.416 e. The largest absolute Gasteiger partial charge is 0.478 e. The maximum Gasteiger partial charge on any atom is 0.416 e. The third-order valence-electron chi connectivity index (χ3n) is 3.48. The summed E-state index contributed by atoms with van der Waals surface area (Å²) in [6.45, 7) is 0. The molecule has 0 aliphatic rings. The monoisotopic (exact) mass is 368 g/mol. The van der Waals surface area contributed by atoms with E-state index in [4.69, 9.17) is 5.11 Å². The molecule has 0 bridgehead atoms. The first-order chi connectivity index (χ1) is 11.3. The van der Waals surface area contributed by atoms with Gasteiger partial charge in [0.05, 0.1) is 16.6 Å². The van der Waals surface area contributed by atoms with Gasteiger partial charge in [-0.15, -0.1) is 12.4 Å². The minimum Gasteiger partial charge on any atom is -0.478 e. The molecule has 0 amide bonds. The molecule has 2 aromatic carbocycles. The summed E-state index contributed by atoms with van der Waals surface area (Å²) in [5.41, 5.74) is 0.806. The number of halogens is 4. The summed E-state index contributed by atoms with van der Waals surface area (Å²) in [5, 5.41) is 12.2. The van der Waals surface area contributed by atoms with Crippen molar-refractivity contribution in [3.05, 3.63) is 65.9 Å². The van der Waals surface area contributed by atoms with Crippen molar-refractivity contribution in [2.45, 2.75) is 6.18 Å². The number of nitrogens with zero attached hydrogens (tertiary/aromatic N) is 1. The van der Waals surface area contributed by atoms with E-state index in [0.29, 0.717) is 22.3 Å². The van der Waals surface area contributed by atoms with Gasteiger partial charge in [-0.1, -0.05) is 0 Å². The number of nitrogens with one attached hydrogen (secondary N) is 1. The van der Waals surface area contributed by atoms with Crippen molar-refractivity contribution in [2.24, 2.45) is 0 Å². The van der Waals surface area contributed by atoms with Crippen LogP contribution in [0.15, 0.2) is 54.7 Å². The number of pyridine rings is 1. The third kappa shape index (κ3) is 4.00. The average molecular weight is 369 g/mol. The molecule has 3 rings (SSSR count). The maximum absolute atomic E-state index is 12.9. The molecule has 0 aliphatic heterocycles. The molecule has 2 N–H and O–H groups in total. The second-order valence-corrected chi connectivity index (χ2v) is 5.10. The number of carboxylic acid groups (broad SMARTS) is 1. The summed E-state index contributed by atoms with van der Waals surface area (Å²) in [7, 11) is 0. The second kappa shape index (κ2) is 6.98. The Balaban J connectivity index is 0.00000225. The van der Waals surface area contributed by atoms with Gasteiger partial charge >= 0.3 is 12.1 Å². The Morgan fingerprint density at radius 3 is 2.32 bits per heavy atom. The number of carbonyl (C=O) groups is 1. The quantitative estimate of drug-likeness (QED) is 0.673. The molecule has 0 aliphatic carbocycles. The van der Waals surface area contributed by atoms with Gasteiger partial charge in [-0.2, -0.15) is 13.2 Å². The summed E-state index contributed by atoms with van der Waals surface area (Å²) >= 11 is 0. The van der Waals surface area contributed by atoms with E-state index in [-0.39, 0.29) is 18.0 Å². The van der Waals surface area contributed by atoms with Gasteiger partial charge in [-0.25, -0.2) is 4.79 Å². The van der Waals surface area contributed by atoms with Crippen LogP contribution in [0.1, 0.15) is 15.9 Å². The van der Waals surface area contributed by atoms with Crippen LogP contribution in [0, 0.1) is 0 Å². The fourth-order valence-electron chi connectivity index (χ4n) is 2.28. The predicted octanol–water partition coefficient (Wildman–Crippen LogP) is 5.12. The first-order valence-corrected chi connectivity index (χ1v) is 6.91. The molecule has 1 heterocycles. The zero-order valence-corrected chi connectivity index (χ0v) is 13.4. The van der Waals surface area contributed by atoms with Crippen LogP contribution in [0.25, 0.3) is 10.9 Å². The molecule has 0 spiro atoms. The van der Waals surface area contributed by atoms with E-state index in [2.05, 4.69) is 10.3 Å². The van der Waals surface area contributed by atoms with Crippen LogP contribution in [-0.2, 0) is 6.18 Å². The number of carboxylic acids is 1. The van der Waals surface area contributed by atoms with Crippen molar-refractivity contribution in [1.82, 2.24) is 4.98 Å². The van der Waals surface area contributed by atoms with Crippen LogP contribution in [0.3, 0.4) is 0 Å². The summed E-state index contributed by atoms with van der Waals surface area (Å²) in [6, 6.07) is 10.8. The van der Waals surface area contributed by atoms with Crippen LogP contribution in [0.4, 0.5) is 24.5 Å². The number of anilines is 2. The average Bonchev–Trinajstić information content (AvgIpc) is 2.54. The van der Waals surface area contributed by atoms with Crippen LogP contribution < -0.4 is 5.32 Å². The van der Waals surface area contributed by atoms with Gasteiger partial charge in [-0.05, 0) is 48.5 Å². The molecule has 4 nitrogen and oxygen atoms in total. The lowest BCUT2D eigenvalue weighted by Gasteiger charge is -2.12. The predicted molar refractivity (Wildman–Crippen MR) is 90.7 cm³/mol. The molecule has 0 unspecified atom stereocenters. The van der Waals surface area contributed by atoms with Crippen molar-refractivity contribution in [3.63, 3.8) is 0 Å². The lowest BCUT2D eigenvalue weighted by molar-refractivity contribution is -0.137. The van der Waals surface area contributed by atoms with Crippen molar-refractivity contribution in [1.29, 1.82) is 0 Å². The molecule has 0 fully saturated rings. The van der Waals surface area contributed by atoms with E-state index in [1.807, 2.05) is 0 Å². The second-order valence-electron chi connectivity index (χ2n) is 5.10. The highest BCUT2D eigenvalue weighted by Gasteiger charge is 2.30. The Morgan fingerprint density at radius 2 is 1.72 bits per heavy atom. The molecule has 1 aromatic heterocycles. The van der Waals surface area contributed by atoms with Crippen molar-refractivity contribution in [2.75, 3.05) is 5.32 Å². The van der Waals surface area contributed by atoms with E-state index in [1.165, 1.54) is 24.4 Å². The first kappa shape index (κ1) is 18.5. The molecule has 0 saturated heterocycles. The molecule has 130 valence electrons. The first-order valence-electron chi connectivity index (χ1n) is 6.91. The van der Waals surface area contributed by atoms with Gasteiger partial charge in [0.25, 0.3) is 0 Å². The maximum atomic E-state index is 12.9. The number of benzene rings is 2. The lowest BCUT2D eigenvalue weighted by Crippen LogP contribution is -2.05. The minimum atomic E-state index is -4.44. The molecular weight excluding hydrogens is 357 g/mol. The van der Waals surface area contributed by atoms with Crippen molar-refractivity contribution in [3.8, 4) is 0 Å². The number of hydrogen-bond donors (Lipinski definition) is 2. The normalized spacial score (nSPS) is 11.0. The summed E-state index contributed by atoms with van der Waals surface area (Å²) in [4.78, 5) is 14.9. The zero-order chi connectivity index (χ0) is 17.3. The Labute approximate surface area is 146 Å². The Kier molecular flexibility index (Phi) is 5.18. The van der Waals surface area contributed by atoms with Gasteiger partial charge in [0.15, 0.2) is 0 Å². The van der Waals surface area contributed by atoms with Crippen LogP contribution in [0.2, 0.25) is 0 Å². The van der Waals surface area contributed by atoms with Gasteiger partial charge in [-0.3, -0.25) is 4.98 Å². The Hall–Kier alpha value is -2.80. The highest BCUT2D eigenvalue weighted by atomic mass is 35.5. The number of fused-ring (bicyclic) bond motifs is 1. The number of alkyl halides is 3. The van der Waals surface area contributed by atoms with E-state index in [1.54, 1.807) is 18.2 Å². The van der Waals surface area contributed by atoms with E-state index in [0.717, 1.165) is 12.1 Å². The highest BCUT2D eigenvalue weighted by Crippen LogP contribution is 2.33. The topological polar surface area (TPSA) is 62.2 Å². The van der Waals surface area contributed by atoms with E-state index >= 15 is 0 Å². The summed E-state index contributed by atoms with van der Waals surface area (Å²) < 4.78 is 38.7. The zero-order valence-electron chi connectivity index (χ0n) is 12.5. The Bertz CT molecular complexity index is 912. The number of hydrogen-bond acceptors (Lipinski definition) is 3. The molecular formula is C17H12ClF3N2O2. The summed E-state index contributed by atoms with van der Waals surface area (Å²) in [6.07, 6.45) is -2.95. The SMILES string of the molecule is Cl.O=C(O)c1ccc(Nc2ccnc3ccc(C(F)(F)F)cc23)cc1. The van der Waals surface area contributed by atoms with Crippen molar-refractivity contribution >= 4 is 40.7 Å². The van der Waals surface area contributed by atoms with Crippen LogP contribution >= 0.6 is 12.4 Å². The molecule has 8 heteroatoms. The fraction of sp³-hybridized carbons (Fsp3) is 0.0588.